The average molecular weight is 376 g/mol. The number of hydrogen-bond donors (Lipinski definition) is 1. The Hall–Kier alpha value is -2.94. The normalized spacial score (nSPS) is 15.8. The smallest absolute Gasteiger partial charge is 0.271 e. The largest absolute Gasteiger partial charge is 0.488 e. The molecule has 1 amide bonds. The molecule has 0 spiro atoms. The summed E-state index contributed by atoms with van der Waals surface area (Å²) in [5, 5.41) is 13.6. The van der Waals surface area contributed by atoms with Crippen LogP contribution in [0.2, 0.25) is 0 Å². The van der Waals surface area contributed by atoms with Crippen LogP contribution in [0.3, 0.4) is 0 Å². The van der Waals surface area contributed by atoms with Crippen molar-refractivity contribution in [3.8, 4) is 5.75 Å². The summed E-state index contributed by atoms with van der Waals surface area (Å²) in [5.41, 5.74) is 0.499. The zero-order valence-electron chi connectivity index (χ0n) is 13.8. The molecule has 26 heavy (non-hydrogen) atoms. The summed E-state index contributed by atoms with van der Waals surface area (Å²) in [7, 11) is -3.69. The molecular formula is C17H16N2O6S. The van der Waals surface area contributed by atoms with Crippen LogP contribution in [0, 0.1) is 10.1 Å². The van der Waals surface area contributed by atoms with Crippen molar-refractivity contribution in [2.75, 3.05) is 12.8 Å². The third-order valence-electron chi connectivity index (χ3n) is 4.00. The van der Waals surface area contributed by atoms with Crippen LogP contribution in [0.4, 0.5) is 5.69 Å². The number of rotatable bonds is 5. The predicted octanol–water partition coefficient (Wildman–Crippen LogP) is 1.73. The molecule has 0 aromatic heterocycles. The summed E-state index contributed by atoms with van der Waals surface area (Å²) in [6.45, 7) is 0.199. The van der Waals surface area contributed by atoms with Gasteiger partial charge in [0.15, 0.2) is 9.84 Å². The molecule has 0 saturated heterocycles. The summed E-state index contributed by atoms with van der Waals surface area (Å²) in [5.74, 6) is 0.166. The fourth-order valence-corrected chi connectivity index (χ4v) is 3.39. The predicted molar refractivity (Wildman–Crippen MR) is 93.1 cm³/mol. The minimum absolute atomic E-state index is 0.0878. The number of nitro benzene ring substituents is 1. The van der Waals surface area contributed by atoms with Crippen molar-refractivity contribution in [2.45, 2.75) is 17.4 Å². The lowest BCUT2D eigenvalue weighted by atomic mass is 10.1. The van der Waals surface area contributed by atoms with E-state index in [9.17, 15) is 23.3 Å². The van der Waals surface area contributed by atoms with E-state index in [4.69, 9.17) is 4.74 Å². The quantitative estimate of drug-likeness (QED) is 0.628. The molecule has 1 aliphatic heterocycles. The van der Waals surface area contributed by atoms with Crippen molar-refractivity contribution in [1.82, 2.24) is 5.32 Å². The molecule has 0 fully saturated rings. The number of benzene rings is 2. The first-order valence-electron chi connectivity index (χ1n) is 7.76. The maximum atomic E-state index is 12.3. The van der Waals surface area contributed by atoms with Gasteiger partial charge < -0.3 is 10.1 Å². The summed E-state index contributed by atoms with van der Waals surface area (Å²) in [6.07, 6.45) is 1.32. The minimum Gasteiger partial charge on any atom is -0.488 e. The van der Waals surface area contributed by atoms with Crippen molar-refractivity contribution in [3.63, 3.8) is 0 Å². The standard InChI is InChI=1S/C17H16N2O6S/c1-26(23,24)15-8-12(6-13(9-15)19(21)22)17(20)18-10-14-7-11-4-2-3-5-16(11)25-14/h2-6,8-9,14H,7,10H2,1H3,(H,18,20). The molecule has 2 aromatic rings. The fourth-order valence-electron chi connectivity index (χ4n) is 2.71. The highest BCUT2D eigenvalue weighted by Crippen LogP contribution is 2.28. The maximum absolute atomic E-state index is 12.3. The SMILES string of the molecule is CS(=O)(=O)c1cc(C(=O)NCC2Cc3ccccc3O2)cc([N+](=O)[O-])c1. The topological polar surface area (TPSA) is 116 Å². The fraction of sp³-hybridized carbons (Fsp3) is 0.235. The number of nitrogens with zero attached hydrogens (tertiary/aromatic N) is 1. The number of amides is 1. The highest BCUT2D eigenvalue weighted by molar-refractivity contribution is 7.90. The van der Waals surface area contributed by atoms with E-state index in [2.05, 4.69) is 5.32 Å². The molecule has 0 radical (unpaired) electrons. The molecule has 2 aromatic carbocycles. The maximum Gasteiger partial charge on any atom is 0.271 e. The number of fused-ring (bicyclic) bond motifs is 1. The lowest BCUT2D eigenvalue weighted by molar-refractivity contribution is -0.385. The number of non-ortho nitro benzene ring substituents is 1. The second-order valence-corrected chi connectivity index (χ2v) is 8.02. The summed E-state index contributed by atoms with van der Waals surface area (Å²) in [4.78, 5) is 22.3. The number of ether oxygens (including phenoxy) is 1. The molecule has 1 N–H and O–H groups in total. The number of carbonyl (C=O) groups excluding carboxylic acids is 1. The molecule has 1 aliphatic rings. The minimum atomic E-state index is -3.69. The Morgan fingerprint density at radius 1 is 1.31 bits per heavy atom. The van der Waals surface area contributed by atoms with E-state index < -0.39 is 26.4 Å². The van der Waals surface area contributed by atoms with E-state index in [0.29, 0.717) is 6.42 Å². The van der Waals surface area contributed by atoms with E-state index in [1.807, 2.05) is 24.3 Å². The first kappa shape index (κ1) is 17.9. The van der Waals surface area contributed by atoms with Gasteiger partial charge in [-0.1, -0.05) is 18.2 Å². The Balaban J connectivity index is 1.74. The van der Waals surface area contributed by atoms with Crippen LogP contribution < -0.4 is 10.1 Å². The van der Waals surface area contributed by atoms with Gasteiger partial charge in [0.1, 0.15) is 11.9 Å². The Kier molecular flexibility index (Phi) is 4.64. The third-order valence-corrected chi connectivity index (χ3v) is 5.09. The average Bonchev–Trinajstić information content (AvgIpc) is 3.01. The van der Waals surface area contributed by atoms with Gasteiger partial charge in [-0.3, -0.25) is 14.9 Å². The van der Waals surface area contributed by atoms with E-state index in [-0.39, 0.29) is 23.1 Å². The molecule has 1 unspecified atom stereocenters. The number of nitro groups is 1. The van der Waals surface area contributed by atoms with Gasteiger partial charge in [0, 0.05) is 30.4 Å². The van der Waals surface area contributed by atoms with Gasteiger partial charge in [-0.2, -0.15) is 0 Å². The van der Waals surface area contributed by atoms with Crippen molar-refractivity contribution in [1.29, 1.82) is 0 Å². The first-order chi connectivity index (χ1) is 12.2. The van der Waals surface area contributed by atoms with E-state index >= 15 is 0 Å². The number of carbonyl (C=O) groups is 1. The van der Waals surface area contributed by atoms with Crippen LogP contribution in [0.5, 0.6) is 5.75 Å². The van der Waals surface area contributed by atoms with Crippen molar-refractivity contribution in [3.05, 3.63) is 63.7 Å². The molecule has 3 rings (SSSR count). The van der Waals surface area contributed by atoms with Gasteiger partial charge in [0.25, 0.3) is 11.6 Å². The molecular weight excluding hydrogens is 360 g/mol. The zero-order valence-corrected chi connectivity index (χ0v) is 14.7. The summed E-state index contributed by atoms with van der Waals surface area (Å²) >= 11 is 0. The van der Waals surface area contributed by atoms with Gasteiger partial charge >= 0.3 is 0 Å². The molecule has 8 nitrogen and oxygen atoms in total. The van der Waals surface area contributed by atoms with Crippen LogP contribution in [0.1, 0.15) is 15.9 Å². The van der Waals surface area contributed by atoms with Gasteiger partial charge in [0.2, 0.25) is 0 Å². The lowest BCUT2D eigenvalue weighted by Gasteiger charge is -2.12. The zero-order chi connectivity index (χ0) is 18.9. The van der Waals surface area contributed by atoms with Crippen molar-refractivity contribution < 1.29 is 22.9 Å². The van der Waals surface area contributed by atoms with Gasteiger partial charge in [0.05, 0.1) is 16.4 Å². The lowest BCUT2D eigenvalue weighted by Crippen LogP contribution is -2.34. The summed E-state index contributed by atoms with van der Waals surface area (Å²) in [6, 6.07) is 10.7. The Bertz CT molecular complexity index is 961. The van der Waals surface area contributed by atoms with Crippen molar-refractivity contribution in [2.24, 2.45) is 0 Å². The Morgan fingerprint density at radius 3 is 2.69 bits per heavy atom. The summed E-state index contributed by atoms with van der Waals surface area (Å²) < 4.78 is 29.1. The Morgan fingerprint density at radius 2 is 2.04 bits per heavy atom. The molecule has 0 aliphatic carbocycles. The molecule has 0 bridgehead atoms. The van der Waals surface area contributed by atoms with Crippen LogP contribution >= 0.6 is 0 Å². The van der Waals surface area contributed by atoms with Gasteiger partial charge in [-0.15, -0.1) is 0 Å². The van der Waals surface area contributed by atoms with E-state index in [1.165, 1.54) is 0 Å². The van der Waals surface area contributed by atoms with Gasteiger partial charge in [-0.25, -0.2) is 8.42 Å². The van der Waals surface area contributed by atoms with Crippen LogP contribution in [-0.4, -0.2) is 38.2 Å². The van der Waals surface area contributed by atoms with Crippen molar-refractivity contribution >= 4 is 21.4 Å². The Labute approximate surface area is 149 Å². The third kappa shape index (κ3) is 3.83. The van der Waals surface area contributed by atoms with Crippen LogP contribution in [0.15, 0.2) is 47.4 Å². The number of sulfone groups is 1. The molecule has 1 atom stereocenters. The monoisotopic (exact) mass is 376 g/mol. The van der Waals surface area contributed by atoms with E-state index in [1.54, 1.807) is 0 Å². The second kappa shape index (κ2) is 6.75. The molecule has 136 valence electrons. The number of nitrogens with one attached hydrogen (secondary N) is 1. The number of para-hydroxylation sites is 1. The van der Waals surface area contributed by atoms with E-state index in [0.717, 1.165) is 35.8 Å². The molecule has 0 saturated carbocycles. The molecule has 1 heterocycles. The highest BCUT2D eigenvalue weighted by Gasteiger charge is 2.24. The highest BCUT2D eigenvalue weighted by atomic mass is 32.2. The van der Waals surface area contributed by atoms with Crippen LogP contribution in [-0.2, 0) is 16.3 Å². The number of hydrogen-bond acceptors (Lipinski definition) is 6. The van der Waals surface area contributed by atoms with Gasteiger partial charge in [-0.05, 0) is 17.7 Å². The van der Waals surface area contributed by atoms with Crippen LogP contribution in [0.25, 0.3) is 0 Å². The molecule has 9 heteroatoms. The first-order valence-corrected chi connectivity index (χ1v) is 9.65. The second-order valence-electron chi connectivity index (χ2n) is 6.01.